The Kier molecular flexibility index (Phi) is 15.9. The molecule has 33 heavy (non-hydrogen) atoms. The molecule has 5 nitrogen and oxygen atoms in total. The molecule has 0 aliphatic carbocycles. The highest BCUT2D eigenvalue weighted by atomic mass is 32.2. The summed E-state index contributed by atoms with van der Waals surface area (Å²) in [5, 5.41) is 0. The van der Waals surface area contributed by atoms with E-state index in [4.69, 9.17) is 0 Å². The fourth-order valence-corrected chi connectivity index (χ4v) is 5.45. The van der Waals surface area contributed by atoms with E-state index < -0.39 is 10.0 Å². The van der Waals surface area contributed by atoms with Crippen molar-refractivity contribution < 1.29 is 18.6 Å². The largest absolute Gasteiger partial charge is 0.356 e. The number of quaternary nitrogens is 2. The molecule has 4 N–H and O–H groups in total. The minimum Gasteiger partial charge on any atom is -0.356 e. The Morgan fingerprint density at radius 2 is 1.21 bits per heavy atom. The highest BCUT2D eigenvalue weighted by molar-refractivity contribution is 7.89. The maximum atomic E-state index is 12.2. The molecule has 0 unspecified atom stereocenters. The van der Waals surface area contributed by atoms with Crippen LogP contribution < -0.4 is 10.5 Å². The summed E-state index contributed by atoms with van der Waals surface area (Å²) in [4.78, 5) is 0.331. The van der Waals surface area contributed by atoms with E-state index in [-0.39, 0.29) is 0 Å². The zero-order valence-electron chi connectivity index (χ0n) is 21.9. The molecule has 0 fully saturated rings. The van der Waals surface area contributed by atoms with Crippen LogP contribution in [0.25, 0.3) is 0 Å². The molecule has 192 valence electrons. The molecule has 0 bridgehead atoms. The first-order chi connectivity index (χ1) is 15.8. The summed E-state index contributed by atoms with van der Waals surface area (Å²) < 4.78 is 27.9. The van der Waals surface area contributed by atoms with Gasteiger partial charge in [0.1, 0.15) is 6.54 Å². The third-order valence-electron chi connectivity index (χ3n) is 6.43. The molecule has 0 atom stereocenters. The molecule has 0 aliphatic rings. The van der Waals surface area contributed by atoms with Gasteiger partial charge in [-0.2, -0.15) is 0 Å². The van der Waals surface area contributed by atoms with Crippen LogP contribution in [0.15, 0.2) is 29.2 Å². The number of unbranched alkanes of at least 4 members (excludes halogenated alkanes) is 13. The Morgan fingerprint density at radius 1 is 0.758 bits per heavy atom. The van der Waals surface area contributed by atoms with Gasteiger partial charge < -0.3 is 10.2 Å². The molecule has 0 aromatic heterocycles. The summed E-state index contributed by atoms with van der Waals surface area (Å²) in [5.41, 5.74) is 4.86. The zero-order valence-corrected chi connectivity index (χ0v) is 22.7. The molecule has 6 heteroatoms. The average molecular weight is 484 g/mol. The van der Waals surface area contributed by atoms with E-state index in [1.54, 1.807) is 12.1 Å². The molecule has 0 amide bonds. The summed E-state index contributed by atoms with van der Waals surface area (Å²) in [6.07, 6.45) is 19.4. The second-order valence-electron chi connectivity index (χ2n) is 10.3. The highest BCUT2D eigenvalue weighted by Crippen LogP contribution is 2.16. The molecule has 0 radical (unpaired) electrons. The van der Waals surface area contributed by atoms with Gasteiger partial charge in [0.05, 0.1) is 38.6 Å². The van der Waals surface area contributed by atoms with E-state index in [1.165, 1.54) is 95.5 Å². The lowest BCUT2D eigenvalue weighted by molar-refractivity contribution is -0.903. The Labute approximate surface area is 205 Å². The van der Waals surface area contributed by atoms with E-state index in [1.807, 2.05) is 12.1 Å². The normalized spacial score (nSPS) is 12.4. The Balaban J connectivity index is 2.12. The third kappa shape index (κ3) is 14.8. The predicted octanol–water partition coefficient (Wildman–Crippen LogP) is 5.26. The van der Waals surface area contributed by atoms with E-state index in [0.29, 0.717) is 18.0 Å². The quantitative estimate of drug-likeness (QED) is 0.185. The van der Waals surface area contributed by atoms with Crippen LogP contribution in [0, 0.1) is 0 Å². The summed E-state index contributed by atoms with van der Waals surface area (Å²) in [6, 6.07) is 7.33. The summed E-state index contributed by atoms with van der Waals surface area (Å²) in [5.74, 6) is 0. The van der Waals surface area contributed by atoms with E-state index >= 15 is 0 Å². The molecule has 0 spiro atoms. The SMILES string of the molecule is CCCCCCCCCCCCCCCC[N+](C)(C)Cc1ccc(S(=O)(=O)NCC[NH3+])cc1. The molecule has 1 aromatic carbocycles. The fraction of sp³-hybridized carbons (Fsp3) is 0.778. The van der Waals surface area contributed by atoms with Crippen molar-refractivity contribution in [2.24, 2.45) is 0 Å². The third-order valence-corrected chi connectivity index (χ3v) is 7.91. The first-order valence-corrected chi connectivity index (χ1v) is 15.0. The molecular weight excluding hydrogens is 430 g/mol. The second-order valence-corrected chi connectivity index (χ2v) is 12.1. The van der Waals surface area contributed by atoms with Crippen molar-refractivity contribution in [1.29, 1.82) is 0 Å². The highest BCUT2D eigenvalue weighted by Gasteiger charge is 2.17. The number of nitrogens with zero attached hydrogens (tertiary/aromatic N) is 1. The van der Waals surface area contributed by atoms with Gasteiger partial charge in [-0.3, -0.25) is 0 Å². The van der Waals surface area contributed by atoms with Gasteiger partial charge in [-0.05, 0) is 25.0 Å². The topological polar surface area (TPSA) is 73.8 Å². The first-order valence-electron chi connectivity index (χ1n) is 13.5. The number of benzene rings is 1. The fourth-order valence-electron chi connectivity index (χ4n) is 4.37. The number of nitrogens with one attached hydrogen (secondary N) is 1. The Bertz CT molecular complexity index is 703. The molecule has 1 aromatic rings. The smallest absolute Gasteiger partial charge is 0.240 e. The van der Waals surface area contributed by atoms with Crippen molar-refractivity contribution in [1.82, 2.24) is 4.72 Å². The predicted molar refractivity (Wildman–Crippen MR) is 140 cm³/mol. The first kappa shape index (κ1) is 30.1. The van der Waals surface area contributed by atoms with Crippen molar-refractivity contribution in [2.45, 2.75) is 108 Å². The van der Waals surface area contributed by atoms with Gasteiger partial charge in [-0.15, -0.1) is 0 Å². The number of hydrogen-bond donors (Lipinski definition) is 2. The van der Waals surface area contributed by atoms with Gasteiger partial charge in [0.25, 0.3) is 0 Å². The Hall–Kier alpha value is -0.950. The lowest BCUT2D eigenvalue weighted by atomic mass is 10.0. The molecule has 1 rings (SSSR count). The van der Waals surface area contributed by atoms with Gasteiger partial charge >= 0.3 is 0 Å². The standard InChI is InChI=1S/C27H52N3O2S/c1-4-5-6-7-8-9-10-11-12-13-14-15-16-17-24-30(2,3)25-26-18-20-27(21-19-26)33(31,32)29-23-22-28/h18-21,29H,4-17,22-25,28H2,1-3H3/q+1/p+1. The van der Waals surface area contributed by atoms with Gasteiger partial charge in [-0.1, -0.05) is 96.1 Å². The van der Waals surface area contributed by atoms with Crippen molar-refractivity contribution in [2.75, 3.05) is 33.7 Å². The minimum absolute atomic E-state index is 0.331. The lowest BCUT2D eigenvalue weighted by Crippen LogP contribution is -2.54. The van der Waals surface area contributed by atoms with E-state index in [2.05, 4.69) is 31.5 Å². The van der Waals surface area contributed by atoms with Crippen molar-refractivity contribution in [3.05, 3.63) is 29.8 Å². The minimum atomic E-state index is -3.41. The van der Waals surface area contributed by atoms with E-state index in [9.17, 15) is 8.42 Å². The van der Waals surface area contributed by atoms with Crippen LogP contribution in [0.1, 0.15) is 102 Å². The summed E-state index contributed by atoms with van der Waals surface area (Å²) in [6.45, 7) is 5.27. The van der Waals surface area contributed by atoms with E-state index in [0.717, 1.165) is 17.6 Å². The zero-order chi connectivity index (χ0) is 24.4. The van der Waals surface area contributed by atoms with Crippen molar-refractivity contribution in [3.8, 4) is 0 Å². The summed E-state index contributed by atoms with van der Waals surface area (Å²) in [7, 11) is 1.12. The van der Waals surface area contributed by atoms with Crippen molar-refractivity contribution >= 4 is 10.0 Å². The van der Waals surface area contributed by atoms with Crippen LogP contribution in [0.5, 0.6) is 0 Å². The van der Waals surface area contributed by atoms with Gasteiger partial charge in [0.2, 0.25) is 10.0 Å². The second kappa shape index (κ2) is 17.5. The number of hydrogen-bond acceptors (Lipinski definition) is 2. The molecule has 0 heterocycles. The van der Waals surface area contributed by atoms with Gasteiger partial charge in [0.15, 0.2) is 0 Å². The van der Waals surface area contributed by atoms with Crippen LogP contribution in [0.4, 0.5) is 0 Å². The van der Waals surface area contributed by atoms with Crippen LogP contribution in [0.3, 0.4) is 0 Å². The maximum Gasteiger partial charge on any atom is 0.240 e. The van der Waals surface area contributed by atoms with Crippen LogP contribution >= 0.6 is 0 Å². The lowest BCUT2D eigenvalue weighted by Gasteiger charge is -2.30. The average Bonchev–Trinajstić information content (AvgIpc) is 2.78. The van der Waals surface area contributed by atoms with Crippen LogP contribution in [-0.2, 0) is 16.6 Å². The summed E-state index contributed by atoms with van der Waals surface area (Å²) >= 11 is 0. The molecule has 0 aliphatic heterocycles. The molecule has 0 saturated heterocycles. The number of rotatable bonds is 21. The number of sulfonamides is 1. The maximum absolute atomic E-state index is 12.2. The molecule has 0 saturated carbocycles. The van der Waals surface area contributed by atoms with Crippen LogP contribution in [-0.4, -0.2) is 46.6 Å². The monoisotopic (exact) mass is 483 g/mol. The van der Waals surface area contributed by atoms with Crippen LogP contribution in [0.2, 0.25) is 0 Å². The van der Waals surface area contributed by atoms with Gasteiger partial charge in [-0.25, -0.2) is 13.1 Å². The Morgan fingerprint density at radius 3 is 1.67 bits per heavy atom. The molecular formula is C27H53N3O2S+2. The van der Waals surface area contributed by atoms with Crippen molar-refractivity contribution in [3.63, 3.8) is 0 Å². The van der Waals surface area contributed by atoms with Gasteiger partial charge in [0, 0.05) is 5.56 Å².